The van der Waals surface area contributed by atoms with Crippen LogP contribution in [0.3, 0.4) is 0 Å². The third-order valence-electron chi connectivity index (χ3n) is 5.46. The molecular weight excluding hydrogens is 545 g/mol. The van der Waals surface area contributed by atoms with E-state index in [1.165, 1.54) is 28.9 Å². The first-order chi connectivity index (χ1) is 18.5. The van der Waals surface area contributed by atoms with Crippen molar-refractivity contribution >= 4 is 17.6 Å². The highest BCUT2D eigenvalue weighted by atomic mass is 35.5. The number of methoxy groups -OCH3 is 1. The molecule has 0 radical (unpaired) electrons. The Kier molecular flexibility index (Phi) is 8.06. The van der Waals surface area contributed by atoms with Gasteiger partial charge in [0.15, 0.2) is 17.8 Å². The van der Waals surface area contributed by atoms with Crippen molar-refractivity contribution in [3.63, 3.8) is 0 Å². The van der Waals surface area contributed by atoms with Crippen LogP contribution in [0.5, 0.6) is 5.75 Å². The van der Waals surface area contributed by atoms with Crippen molar-refractivity contribution in [3.8, 4) is 22.8 Å². The van der Waals surface area contributed by atoms with Gasteiger partial charge in [-0.2, -0.15) is 13.2 Å². The summed E-state index contributed by atoms with van der Waals surface area (Å²) >= 11 is 5.91. The van der Waals surface area contributed by atoms with Crippen LogP contribution in [0.4, 0.5) is 13.2 Å². The number of ether oxygens (including phenoxy) is 2. The molecule has 4 aromatic rings. The third kappa shape index (κ3) is 5.96. The molecule has 1 unspecified atom stereocenters. The fourth-order valence-corrected chi connectivity index (χ4v) is 3.78. The van der Waals surface area contributed by atoms with Crippen molar-refractivity contribution < 1.29 is 32.5 Å². The number of carbonyl (C=O) groups excluding carboxylic acids is 1. The average Bonchev–Trinajstić information content (AvgIpc) is 3.45. The lowest BCUT2D eigenvalue weighted by Gasteiger charge is -2.15. The second-order valence-corrected chi connectivity index (χ2v) is 8.53. The molecule has 4 rings (SSSR count). The minimum Gasteiger partial charge on any atom is -0.492 e. The predicted octanol–water partition coefficient (Wildman–Crippen LogP) is 3.10. The summed E-state index contributed by atoms with van der Waals surface area (Å²) in [5, 5.41) is 18.5. The molecule has 0 aliphatic carbocycles. The monoisotopic (exact) mass is 566 g/mol. The smallest absolute Gasteiger partial charge is 0.416 e. The van der Waals surface area contributed by atoms with Crippen LogP contribution in [0, 0.1) is 0 Å². The molecule has 1 N–H and O–H groups in total. The molecule has 0 bridgehead atoms. The van der Waals surface area contributed by atoms with Crippen LogP contribution in [-0.4, -0.2) is 66.2 Å². The first kappa shape index (κ1) is 27.9. The normalized spacial score (nSPS) is 12.4. The van der Waals surface area contributed by atoms with Crippen LogP contribution >= 0.6 is 11.6 Å². The fraction of sp³-hybridized carbons (Fsp3) is 0.292. The quantitative estimate of drug-likeness (QED) is 0.306. The molecule has 0 aliphatic heterocycles. The van der Waals surface area contributed by atoms with E-state index in [1.807, 2.05) is 0 Å². The molecule has 0 amide bonds. The second kappa shape index (κ2) is 11.3. The van der Waals surface area contributed by atoms with Gasteiger partial charge < -0.3 is 14.6 Å². The predicted molar refractivity (Wildman–Crippen MR) is 132 cm³/mol. The van der Waals surface area contributed by atoms with Gasteiger partial charge in [0, 0.05) is 10.6 Å². The van der Waals surface area contributed by atoms with Crippen LogP contribution in [-0.2, 0) is 17.8 Å². The van der Waals surface area contributed by atoms with E-state index in [-0.39, 0.29) is 23.0 Å². The highest BCUT2D eigenvalue weighted by Gasteiger charge is 2.39. The van der Waals surface area contributed by atoms with Crippen LogP contribution in [0.25, 0.3) is 17.1 Å². The molecule has 11 nitrogen and oxygen atoms in total. The van der Waals surface area contributed by atoms with E-state index in [0.29, 0.717) is 27.6 Å². The van der Waals surface area contributed by atoms with Gasteiger partial charge in [0.2, 0.25) is 5.82 Å². The minimum absolute atomic E-state index is 0.0625. The molecule has 0 fully saturated rings. The van der Waals surface area contributed by atoms with Gasteiger partial charge >= 0.3 is 17.8 Å². The van der Waals surface area contributed by atoms with Crippen molar-refractivity contribution in [2.75, 3.05) is 13.7 Å². The number of para-hydroxylation sites is 2. The highest BCUT2D eigenvalue weighted by Crippen LogP contribution is 2.25. The summed E-state index contributed by atoms with van der Waals surface area (Å²) in [6.07, 6.45) is -7.79. The number of alkyl halides is 3. The second-order valence-electron chi connectivity index (χ2n) is 8.09. The Morgan fingerprint density at radius 1 is 1.13 bits per heavy atom. The Morgan fingerprint density at radius 3 is 2.46 bits per heavy atom. The molecule has 2 heterocycles. The van der Waals surface area contributed by atoms with Crippen molar-refractivity contribution in [1.29, 1.82) is 0 Å². The molecule has 1 atom stereocenters. The van der Waals surface area contributed by atoms with Crippen LogP contribution in [0.15, 0.2) is 53.3 Å². The molecule has 39 heavy (non-hydrogen) atoms. The topological polar surface area (TPSA) is 126 Å². The summed E-state index contributed by atoms with van der Waals surface area (Å²) in [5.41, 5.74) is -0.315. The van der Waals surface area contributed by atoms with E-state index in [9.17, 15) is 27.9 Å². The van der Waals surface area contributed by atoms with Crippen molar-refractivity contribution in [3.05, 3.63) is 75.7 Å². The number of hydrogen-bond acceptors (Lipinski definition) is 8. The molecular formula is C24H22ClF3N6O5. The number of hydrogen-bond donors (Lipinski definition) is 1. The highest BCUT2D eigenvalue weighted by molar-refractivity contribution is 6.30. The zero-order valence-corrected chi connectivity index (χ0v) is 21.3. The largest absolute Gasteiger partial charge is 0.492 e. The maximum absolute atomic E-state index is 13.2. The van der Waals surface area contributed by atoms with E-state index < -0.39 is 37.0 Å². The summed E-state index contributed by atoms with van der Waals surface area (Å²) in [7, 11) is 1.16. The molecule has 15 heteroatoms. The van der Waals surface area contributed by atoms with E-state index in [2.05, 4.69) is 15.2 Å². The summed E-state index contributed by atoms with van der Waals surface area (Å²) in [5.74, 6) is -0.860. The van der Waals surface area contributed by atoms with Crippen LogP contribution in [0.1, 0.15) is 23.4 Å². The van der Waals surface area contributed by atoms with Crippen LogP contribution < -0.4 is 10.4 Å². The Labute approximate surface area is 224 Å². The summed E-state index contributed by atoms with van der Waals surface area (Å²) in [6, 6.07) is 12.6. The number of aliphatic hydroxyl groups excluding tert-OH is 1. The lowest BCUT2D eigenvalue weighted by atomic mass is 10.2. The molecule has 0 aliphatic rings. The molecule has 0 saturated carbocycles. The standard InChI is InChI=1S/C24H22ClF3N6O5/c1-3-39-17-7-5-4-6-16(17)34-21(22(36)38-2)29-19(30-34)13-33-23(37)32(12-18(35)24(26,27)28)20(31-33)14-8-10-15(25)11-9-14/h4-11,18,35H,3,12-13H2,1-2H3. The molecule has 0 spiro atoms. The molecule has 0 saturated heterocycles. The molecule has 2 aromatic carbocycles. The average molecular weight is 567 g/mol. The maximum Gasteiger partial charge on any atom is 0.416 e. The van der Waals surface area contributed by atoms with Gasteiger partial charge in [0.25, 0.3) is 0 Å². The van der Waals surface area contributed by atoms with Crippen molar-refractivity contribution in [2.45, 2.75) is 32.3 Å². The van der Waals surface area contributed by atoms with Gasteiger partial charge in [-0.15, -0.1) is 10.2 Å². The number of aliphatic hydroxyl groups is 1. The Hall–Kier alpha value is -4.17. The van der Waals surface area contributed by atoms with Crippen molar-refractivity contribution in [2.24, 2.45) is 0 Å². The van der Waals surface area contributed by atoms with Crippen molar-refractivity contribution in [1.82, 2.24) is 29.1 Å². The van der Waals surface area contributed by atoms with E-state index >= 15 is 0 Å². The Morgan fingerprint density at radius 2 is 1.82 bits per heavy atom. The molecule has 2 aromatic heterocycles. The zero-order chi connectivity index (χ0) is 28.3. The Balaban J connectivity index is 1.79. The summed E-state index contributed by atoms with van der Waals surface area (Å²) in [6.45, 7) is 0.595. The summed E-state index contributed by atoms with van der Waals surface area (Å²) < 4.78 is 52.5. The first-order valence-electron chi connectivity index (χ1n) is 11.5. The van der Waals surface area contributed by atoms with Gasteiger partial charge in [0.1, 0.15) is 18.0 Å². The third-order valence-corrected chi connectivity index (χ3v) is 5.71. The minimum atomic E-state index is -4.97. The number of benzene rings is 2. The van der Waals surface area contributed by atoms with Gasteiger partial charge in [-0.3, -0.25) is 4.57 Å². The van der Waals surface area contributed by atoms with Gasteiger partial charge in [0.05, 0.1) is 20.3 Å². The fourth-order valence-electron chi connectivity index (χ4n) is 3.65. The lowest BCUT2D eigenvalue weighted by Crippen LogP contribution is -2.37. The van der Waals surface area contributed by atoms with Gasteiger partial charge in [-0.25, -0.2) is 23.9 Å². The van der Waals surface area contributed by atoms with E-state index in [0.717, 1.165) is 11.8 Å². The van der Waals surface area contributed by atoms with Gasteiger partial charge in [-0.1, -0.05) is 23.7 Å². The van der Waals surface area contributed by atoms with Crippen LogP contribution in [0.2, 0.25) is 5.02 Å². The number of aromatic nitrogens is 6. The zero-order valence-electron chi connectivity index (χ0n) is 20.6. The number of halogens is 4. The van der Waals surface area contributed by atoms with E-state index in [1.54, 1.807) is 31.2 Å². The molecule has 206 valence electrons. The number of carbonyl (C=O) groups is 1. The number of nitrogens with zero attached hydrogens (tertiary/aromatic N) is 6. The van der Waals surface area contributed by atoms with Gasteiger partial charge in [-0.05, 0) is 43.3 Å². The maximum atomic E-state index is 13.2. The summed E-state index contributed by atoms with van der Waals surface area (Å²) in [4.78, 5) is 29.8. The van der Waals surface area contributed by atoms with E-state index in [4.69, 9.17) is 21.1 Å². The number of esters is 1. The Bertz CT molecular complexity index is 1530. The number of rotatable bonds is 9. The lowest BCUT2D eigenvalue weighted by molar-refractivity contribution is -0.207. The first-order valence-corrected chi connectivity index (χ1v) is 11.9. The SMILES string of the molecule is CCOc1ccccc1-n1nc(Cn2nc(-c3ccc(Cl)cc3)n(CC(O)C(F)(F)F)c2=O)nc1C(=O)OC.